The fraction of sp³-hybridized carbons (Fsp3) is 0.357. The molecule has 5 heteroatoms. The summed E-state index contributed by atoms with van der Waals surface area (Å²) < 4.78 is 3.62. The number of hydrogen-bond donors (Lipinski definition) is 1. The zero-order valence-corrected chi connectivity index (χ0v) is 13.2. The Morgan fingerprint density at radius 3 is 2.68 bits per heavy atom. The fourth-order valence-corrected chi connectivity index (χ4v) is 3.90. The maximum atomic E-state index is 6.16. The van der Waals surface area contributed by atoms with Crippen LogP contribution in [0.25, 0.3) is 0 Å². The maximum Gasteiger partial charge on any atom is -1.00 e. The van der Waals surface area contributed by atoms with Crippen molar-refractivity contribution < 1.29 is 17.0 Å². The van der Waals surface area contributed by atoms with Crippen LogP contribution in [0.1, 0.15) is 17.3 Å². The van der Waals surface area contributed by atoms with Crippen LogP contribution in [0.4, 0.5) is 11.5 Å². The van der Waals surface area contributed by atoms with Crippen molar-refractivity contribution in [1.82, 2.24) is 0 Å². The van der Waals surface area contributed by atoms with Crippen LogP contribution in [0.5, 0.6) is 0 Å². The van der Waals surface area contributed by atoms with Gasteiger partial charge in [-0.3, -0.25) is 0 Å². The van der Waals surface area contributed by atoms with Crippen molar-refractivity contribution in [2.45, 2.75) is 19.4 Å². The number of nitrogen functional groups attached to an aromatic ring is 1. The predicted octanol–water partition coefficient (Wildman–Crippen LogP) is -1.73. The Morgan fingerprint density at radius 2 is 2.05 bits per heavy atom. The van der Waals surface area contributed by atoms with Crippen LogP contribution in [0.2, 0.25) is 0 Å². The second kappa shape index (κ2) is 6.47. The van der Waals surface area contributed by atoms with Crippen LogP contribution in [-0.4, -0.2) is 27.6 Å². The van der Waals surface area contributed by atoms with Gasteiger partial charge in [0.2, 0.25) is 0 Å². The molecule has 0 amide bonds. The molecule has 19 heavy (non-hydrogen) atoms. The largest absolute Gasteiger partial charge is 1.00 e. The molecule has 0 radical (unpaired) electrons. The zero-order valence-electron chi connectivity index (χ0n) is 10.8. The van der Waals surface area contributed by atoms with E-state index in [-0.39, 0.29) is 12.4 Å². The molecule has 3 nitrogen and oxygen atoms in total. The van der Waals surface area contributed by atoms with Gasteiger partial charge >= 0.3 is 114 Å². The number of anilines is 2. The molecule has 1 saturated heterocycles. The molecular weight excluding hydrogens is 325 g/mol. The van der Waals surface area contributed by atoms with E-state index in [1.54, 1.807) is 0 Å². The first-order valence-electron chi connectivity index (χ1n) is 6.39. The smallest absolute Gasteiger partial charge is 1.00 e. The minimum absolute atomic E-state index is 0. The molecule has 1 aliphatic heterocycles. The molecule has 1 aliphatic rings. The van der Waals surface area contributed by atoms with Crippen LogP contribution in [0.15, 0.2) is 35.4 Å². The molecule has 0 bridgehead atoms. The van der Waals surface area contributed by atoms with Gasteiger partial charge in [0.05, 0.1) is 0 Å². The van der Waals surface area contributed by atoms with Gasteiger partial charge in [-0.25, -0.2) is 0 Å². The summed E-state index contributed by atoms with van der Waals surface area (Å²) in [6, 6.07) is 8.66. The molecule has 2 N–H and O–H groups in total. The molecule has 3 rings (SSSR count). The number of nitrogens with zero attached hydrogens (tertiary/aromatic N) is 2. The van der Waals surface area contributed by atoms with Gasteiger partial charge in [0, 0.05) is 0 Å². The van der Waals surface area contributed by atoms with E-state index in [1.165, 1.54) is 36.1 Å². The number of hydrogen-bond acceptors (Lipinski definition) is 2. The molecule has 0 unspecified atom stereocenters. The van der Waals surface area contributed by atoms with E-state index >= 15 is 0 Å². The Labute approximate surface area is 126 Å². The standard InChI is InChI=1S/C14H17N3Se.ClH/c15-14-10-12(16-6-1-2-7-16)5-8-17(14)11-13-4-3-9-18-13;/h3-5,8-10,15H,1-2,6-7,11H2;1H. The Balaban J connectivity index is 0.00000133. The number of aromatic nitrogens is 1. The number of rotatable bonds is 3. The summed E-state index contributed by atoms with van der Waals surface area (Å²) in [6.07, 6.45) is 4.73. The zero-order chi connectivity index (χ0) is 12.4. The number of halogens is 1. The summed E-state index contributed by atoms with van der Waals surface area (Å²) in [4.78, 5) is 4.67. The molecule has 0 spiro atoms. The van der Waals surface area contributed by atoms with E-state index in [0.29, 0.717) is 14.5 Å². The number of pyridine rings is 1. The van der Waals surface area contributed by atoms with E-state index < -0.39 is 0 Å². The van der Waals surface area contributed by atoms with Crippen molar-refractivity contribution in [3.8, 4) is 0 Å². The summed E-state index contributed by atoms with van der Waals surface area (Å²) in [6.45, 7) is 3.27. The Hall–Kier alpha value is -0.961. The molecule has 0 aromatic carbocycles. The van der Waals surface area contributed by atoms with Gasteiger partial charge in [0.15, 0.2) is 0 Å². The Bertz CT molecular complexity index is 521. The summed E-state index contributed by atoms with van der Waals surface area (Å²) in [5, 5.41) is 0. The van der Waals surface area contributed by atoms with Crippen LogP contribution < -0.4 is 27.6 Å². The molecule has 102 valence electrons. The average molecular weight is 343 g/mol. The second-order valence-corrected chi connectivity index (χ2v) is 6.88. The first-order valence-corrected chi connectivity index (χ1v) is 8.24. The van der Waals surface area contributed by atoms with Crippen molar-refractivity contribution in [2.75, 3.05) is 23.7 Å². The van der Waals surface area contributed by atoms with Crippen LogP contribution in [0.3, 0.4) is 0 Å². The summed E-state index contributed by atoms with van der Waals surface area (Å²) in [5.41, 5.74) is 7.43. The average Bonchev–Trinajstić information content (AvgIpc) is 3.04. The quantitative estimate of drug-likeness (QED) is 0.531. The van der Waals surface area contributed by atoms with Gasteiger partial charge in [-0.15, -0.1) is 0 Å². The third kappa shape index (κ3) is 3.33. The van der Waals surface area contributed by atoms with Crippen molar-refractivity contribution in [2.24, 2.45) is 0 Å². The molecule has 1 fully saturated rings. The maximum absolute atomic E-state index is 6.16. The topological polar surface area (TPSA) is 33.1 Å². The molecular formula is C14H18ClN3Se. The first kappa shape index (κ1) is 14.4. The summed E-state index contributed by atoms with van der Waals surface area (Å²) in [7, 11) is 0. The minimum Gasteiger partial charge on any atom is -1.00 e. The molecule has 0 atom stereocenters. The normalized spacial score (nSPS) is 14.4. The SMILES string of the molecule is Nc1cc(N2CCCC2)cc[n+]1Cc1ccc[se]1.[Cl-]. The van der Waals surface area contributed by atoms with E-state index in [4.69, 9.17) is 5.73 Å². The summed E-state index contributed by atoms with van der Waals surface area (Å²) in [5.74, 6) is 0.864. The van der Waals surface area contributed by atoms with Crippen LogP contribution >= 0.6 is 0 Å². The van der Waals surface area contributed by atoms with Gasteiger partial charge in [0.25, 0.3) is 0 Å². The molecule has 3 heterocycles. The van der Waals surface area contributed by atoms with Crippen LogP contribution in [-0.2, 0) is 6.54 Å². The molecule has 0 aliphatic carbocycles. The third-order valence-electron chi connectivity index (χ3n) is 3.43. The van der Waals surface area contributed by atoms with Crippen molar-refractivity contribution >= 4 is 26.0 Å². The Kier molecular flexibility index (Phi) is 4.92. The van der Waals surface area contributed by atoms with Crippen molar-refractivity contribution in [1.29, 1.82) is 0 Å². The molecule has 2 aromatic heterocycles. The first-order chi connectivity index (χ1) is 8.83. The van der Waals surface area contributed by atoms with Gasteiger partial charge in [-0.2, -0.15) is 0 Å². The van der Waals surface area contributed by atoms with Crippen LogP contribution in [0, 0.1) is 0 Å². The third-order valence-corrected chi connectivity index (χ3v) is 5.24. The van der Waals surface area contributed by atoms with Crippen molar-refractivity contribution in [3.63, 3.8) is 0 Å². The number of nitrogens with two attached hydrogens (primary N) is 1. The molecule has 2 aromatic rings. The second-order valence-electron chi connectivity index (χ2n) is 4.71. The van der Waals surface area contributed by atoms with Crippen molar-refractivity contribution in [3.05, 3.63) is 39.8 Å². The van der Waals surface area contributed by atoms with Gasteiger partial charge in [-0.1, -0.05) is 0 Å². The Morgan fingerprint density at radius 1 is 1.26 bits per heavy atom. The summed E-state index contributed by atoms with van der Waals surface area (Å²) >= 11 is 0.521. The minimum atomic E-state index is 0. The van der Waals surface area contributed by atoms with E-state index in [1.807, 2.05) is 0 Å². The van der Waals surface area contributed by atoms with E-state index in [0.717, 1.165) is 12.4 Å². The van der Waals surface area contributed by atoms with Gasteiger partial charge in [0.1, 0.15) is 0 Å². The monoisotopic (exact) mass is 343 g/mol. The van der Waals surface area contributed by atoms with Gasteiger partial charge < -0.3 is 12.4 Å². The fourth-order valence-electron chi connectivity index (χ4n) is 2.42. The van der Waals surface area contributed by atoms with Gasteiger partial charge in [-0.05, 0) is 0 Å². The predicted molar refractivity (Wildman–Crippen MR) is 75.0 cm³/mol. The van der Waals surface area contributed by atoms with E-state index in [9.17, 15) is 0 Å². The molecule has 0 saturated carbocycles. The van der Waals surface area contributed by atoms with E-state index in [2.05, 4.69) is 44.9 Å².